The number of nitrogens with zero attached hydrogens (tertiary/aromatic N) is 3. The van der Waals surface area contributed by atoms with Crippen molar-refractivity contribution in [2.45, 2.75) is 44.2 Å². The SMILES string of the molecule is C=Nc1c(C)cccc1S(=O)(=O)Nc1ccc(C(=O)N2CCN(C(C)c3cc(F)c(F)c(F)c3)CC2CC)cc1. The van der Waals surface area contributed by atoms with Crippen LogP contribution in [-0.2, 0) is 10.0 Å². The zero-order valence-electron chi connectivity index (χ0n) is 22.5. The van der Waals surface area contributed by atoms with E-state index >= 15 is 0 Å². The highest BCUT2D eigenvalue weighted by atomic mass is 32.2. The first-order chi connectivity index (χ1) is 19.0. The first-order valence-electron chi connectivity index (χ1n) is 12.9. The van der Waals surface area contributed by atoms with Gasteiger partial charge in [-0.25, -0.2) is 21.6 Å². The van der Waals surface area contributed by atoms with Crippen LogP contribution in [-0.4, -0.2) is 56.5 Å². The molecule has 2 unspecified atom stereocenters. The average Bonchev–Trinajstić information content (AvgIpc) is 2.94. The van der Waals surface area contributed by atoms with Gasteiger partial charge in [-0.15, -0.1) is 0 Å². The van der Waals surface area contributed by atoms with Crippen LogP contribution >= 0.6 is 0 Å². The third kappa shape index (κ3) is 5.90. The number of piperazine rings is 1. The number of nitrogens with one attached hydrogen (secondary N) is 1. The molecule has 1 fully saturated rings. The number of halogens is 3. The minimum atomic E-state index is -3.94. The van der Waals surface area contributed by atoms with E-state index in [0.29, 0.717) is 42.7 Å². The molecule has 0 spiro atoms. The van der Waals surface area contributed by atoms with Gasteiger partial charge >= 0.3 is 0 Å². The summed E-state index contributed by atoms with van der Waals surface area (Å²) in [6.45, 7) is 10.3. The number of benzene rings is 3. The zero-order valence-corrected chi connectivity index (χ0v) is 23.3. The topological polar surface area (TPSA) is 82.1 Å². The Morgan fingerprint density at radius 2 is 1.75 bits per heavy atom. The smallest absolute Gasteiger partial charge is 0.264 e. The molecule has 40 heavy (non-hydrogen) atoms. The number of sulfonamides is 1. The second kappa shape index (κ2) is 11.8. The lowest BCUT2D eigenvalue weighted by atomic mass is 10.0. The van der Waals surface area contributed by atoms with E-state index < -0.39 is 27.5 Å². The fourth-order valence-corrected chi connectivity index (χ4v) is 6.28. The number of hydrogen-bond donors (Lipinski definition) is 1. The molecule has 0 aliphatic carbocycles. The maximum atomic E-state index is 13.8. The molecule has 1 heterocycles. The number of para-hydroxylation sites is 1. The number of carbonyl (C=O) groups excluding carboxylic acids is 1. The van der Waals surface area contributed by atoms with Crippen molar-refractivity contribution in [1.29, 1.82) is 0 Å². The van der Waals surface area contributed by atoms with E-state index in [0.717, 1.165) is 12.1 Å². The molecule has 0 bridgehead atoms. The predicted molar refractivity (Wildman–Crippen MR) is 149 cm³/mol. The van der Waals surface area contributed by atoms with Crippen LogP contribution in [0.3, 0.4) is 0 Å². The van der Waals surface area contributed by atoms with Crippen LogP contribution in [0.1, 0.15) is 47.8 Å². The van der Waals surface area contributed by atoms with Crippen molar-refractivity contribution >= 4 is 34.0 Å². The average molecular weight is 573 g/mol. The number of aryl methyl sites for hydroxylation is 1. The molecule has 7 nitrogen and oxygen atoms in total. The van der Waals surface area contributed by atoms with Crippen molar-refractivity contribution in [3.05, 3.63) is 88.7 Å². The maximum Gasteiger partial charge on any atom is 0.264 e. The molecule has 212 valence electrons. The van der Waals surface area contributed by atoms with E-state index in [1.807, 2.05) is 11.8 Å². The van der Waals surface area contributed by atoms with Crippen molar-refractivity contribution in [3.63, 3.8) is 0 Å². The quantitative estimate of drug-likeness (QED) is 0.272. The molecule has 1 aliphatic heterocycles. The van der Waals surface area contributed by atoms with E-state index in [-0.39, 0.29) is 34.3 Å². The van der Waals surface area contributed by atoms with Crippen molar-refractivity contribution in [2.75, 3.05) is 24.4 Å². The Morgan fingerprint density at radius 1 is 1.10 bits per heavy atom. The fourth-order valence-electron chi connectivity index (χ4n) is 4.98. The Bertz CT molecular complexity index is 1510. The Labute approximate surface area is 232 Å². The molecule has 0 radical (unpaired) electrons. The lowest BCUT2D eigenvalue weighted by molar-refractivity contribution is 0.0355. The van der Waals surface area contributed by atoms with Gasteiger partial charge in [-0.1, -0.05) is 19.1 Å². The summed E-state index contributed by atoms with van der Waals surface area (Å²) >= 11 is 0. The molecular weight excluding hydrogens is 541 g/mol. The van der Waals surface area contributed by atoms with Gasteiger partial charge in [0.25, 0.3) is 15.9 Å². The minimum absolute atomic E-state index is 0.00616. The number of rotatable bonds is 8. The van der Waals surface area contributed by atoms with Gasteiger partial charge in [0, 0.05) is 43.0 Å². The number of carbonyl (C=O) groups is 1. The summed E-state index contributed by atoms with van der Waals surface area (Å²) in [7, 11) is -3.94. The third-order valence-corrected chi connectivity index (χ3v) is 8.73. The number of amides is 1. The summed E-state index contributed by atoms with van der Waals surface area (Å²) in [6, 6.07) is 12.5. The lowest BCUT2D eigenvalue weighted by Crippen LogP contribution is -2.55. The number of aliphatic imine (C=N–C) groups is 1. The Kier molecular flexibility index (Phi) is 8.65. The monoisotopic (exact) mass is 572 g/mol. The standard InChI is InChI=1S/C29H31F3N4O3S/c1-5-23-17-35(19(3)21-15-24(30)27(32)25(31)16-21)13-14-36(23)29(37)20-9-11-22(12-10-20)34-40(38,39)26-8-6-7-18(2)28(26)33-4/h6-12,15-16,19,23,34H,4-5,13-14,17H2,1-3H3. The van der Waals surface area contributed by atoms with Crippen LogP contribution in [0.15, 0.2) is 64.5 Å². The first-order valence-corrected chi connectivity index (χ1v) is 14.3. The van der Waals surface area contributed by atoms with E-state index in [1.165, 1.54) is 18.2 Å². The van der Waals surface area contributed by atoms with Gasteiger partial charge in [0.15, 0.2) is 17.5 Å². The van der Waals surface area contributed by atoms with Crippen LogP contribution in [0.2, 0.25) is 0 Å². The molecule has 3 aromatic carbocycles. The van der Waals surface area contributed by atoms with Crippen LogP contribution in [0.4, 0.5) is 24.5 Å². The predicted octanol–water partition coefficient (Wildman–Crippen LogP) is 5.84. The summed E-state index contributed by atoms with van der Waals surface area (Å²) in [4.78, 5) is 21.0. The Hall–Kier alpha value is -3.70. The number of hydrogen-bond acceptors (Lipinski definition) is 5. The maximum absolute atomic E-state index is 13.8. The van der Waals surface area contributed by atoms with Crippen molar-refractivity contribution in [3.8, 4) is 0 Å². The molecule has 1 N–H and O–H groups in total. The van der Waals surface area contributed by atoms with Crippen LogP contribution in [0.5, 0.6) is 0 Å². The summed E-state index contributed by atoms with van der Waals surface area (Å²) in [5.74, 6) is -4.16. The van der Waals surface area contributed by atoms with Gasteiger partial charge in [-0.3, -0.25) is 19.4 Å². The highest BCUT2D eigenvalue weighted by Crippen LogP contribution is 2.30. The molecule has 0 aromatic heterocycles. The molecule has 2 atom stereocenters. The first kappa shape index (κ1) is 29.3. The van der Waals surface area contributed by atoms with Crippen LogP contribution in [0.25, 0.3) is 0 Å². The van der Waals surface area contributed by atoms with Gasteiger partial charge in [0.2, 0.25) is 0 Å². The van der Waals surface area contributed by atoms with E-state index in [1.54, 1.807) is 43.0 Å². The van der Waals surface area contributed by atoms with Gasteiger partial charge in [0.1, 0.15) is 4.90 Å². The Morgan fingerprint density at radius 3 is 2.35 bits per heavy atom. The molecule has 11 heteroatoms. The number of anilines is 1. The molecule has 4 rings (SSSR count). The van der Waals surface area contributed by atoms with E-state index in [2.05, 4.69) is 16.4 Å². The largest absolute Gasteiger partial charge is 0.333 e. The van der Waals surface area contributed by atoms with Gasteiger partial charge in [-0.05, 0) is 80.6 Å². The third-order valence-electron chi connectivity index (χ3n) is 7.31. The van der Waals surface area contributed by atoms with Crippen molar-refractivity contribution in [2.24, 2.45) is 4.99 Å². The highest BCUT2D eigenvalue weighted by Gasteiger charge is 2.32. The van der Waals surface area contributed by atoms with Gasteiger partial charge in [-0.2, -0.15) is 0 Å². The van der Waals surface area contributed by atoms with E-state index in [4.69, 9.17) is 0 Å². The summed E-state index contributed by atoms with van der Waals surface area (Å²) < 4.78 is 69.5. The highest BCUT2D eigenvalue weighted by molar-refractivity contribution is 7.92. The van der Waals surface area contributed by atoms with Crippen LogP contribution < -0.4 is 4.72 Å². The van der Waals surface area contributed by atoms with Crippen LogP contribution in [0, 0.1) is 24.4 Å². The molecular formula is C29H31F3N4O3S. The molecule has 1 amide bonds. The molecule has 3 aromatic rings. The minimum Gasteiger partial charge on any atom is -0.333 e. The zero-order chi connectivity index (χ0) is 29.2. The molecule has 1 saturated heterocycles. The lowest BCUT2D eigenvalue weighted by Gasteiger charge is -2.43. The van der Waals surface area contributed by atoms with E-state index in [9.17, 15) is 26.4 Å². The van der Waals surface area contributed by atoms with Crippen molar-refractivity contribution in [1.82, 2.24) is 9.80 Å². The summed E-state index contributed by atoms with van der Waals surface area (Å²) in [6.07, 6.45) is 0.648. The second-order valence-corrected chi connectivity index (χ2v) is 11.4. The molecule has 1 aliphatic rings. The van der Waals surface area contributed by atoms with Gasteiger partial charge in [0.05, 0.1) is 5.69 Å². The summed E-state index contributed by atoms with van der Waals surface area (Å²) in [5.41, 5.74) is 1.96. The van der Waals surface area contributed by atoms with Crippen molar-refractivity contribution < 1.29 is 26.4 Å². The van der Waals surface area contributed by atoms with Gasteiger partial charge < -0.3 is 4.90 Å². The molecule has 0 saturated carbocycles. The second-order valence-electron chi connectivity index (χ2n) is 9.79. The normalized spacial score (nSPS) is 16.9. The fraction of sp³-hybridized carbons (Fsp3) is 0.310. The summed E-state index contributed by atoms with van der Waals surface area (Å²) in [5, 5.41) is 0. The Balaban J connectivity index is 1.46.